The molecule has 0 unspecified atom stereocenters. The first-order valence-corrected chi connectivity index (χ1v) is 9.55. The summed E-state index contributed by atoms with van der Waals surface area (Å²) in [7, 11) is 3.17. The lowest BCUT2D eigenvalue weighted by molar-refractivity contribution is -0.128. The minimum absolute atomic E-state index is 0.0390. The maximum Gasteiger partial charge on any atom is 0.335 e. The van der Waals surface area contributed by atoms with E-state index >= 15 is 0 Å². The van der Waals surface area contributed by atoms with Crippen LogP contribution in [0.3, 0.4) is 0 Å². The molecule has 1 aliphatic rings. The fourth-order valence-electron chi connectivity index (χ4n) is 2.61. The molecule has 29 heavy (non-hydrogen) atoms. The Morgan fingerprint density at radius 2 is 1.97 bits per heavy atom. The van der Waals surface area contributed by atoms with Crippen LogP contribution in [-0.2, 0) is 9.59 Å². The van der Waals surface area contributed by atoms with Crippen LogP contribution in [0.15, 0.2) is 53.5 Å². The number of nitrogens with one attached hydrogen (secondary N) is 1. The van der Waals surface area contributed by atoms with E-state index in [4.69, 9.17) is 9.84 Å². The first kappa shape index (κ1) is 20.4. The number of carboxylic acids is 1. The standard InChI is InChI=1S/C20H19N3O5S/c1-23-17(24)11-16(18(25)21-13-8-6-12(7-9-13)19(26)27)29-20(23)22-14-4-3-5-15(10-14)28-2/h3-10,16H,11H2,1-2H3,(H,21,25)(H,26,27)/t16-/m0/s1. The Bertz CT molecular complexity index is 974. The van der Waals surface area contributed by atoms with Crippen molar-refractivity contribution in [2.45, 2.75) is 11.7 Å². The molecule has 0 aromatic heterocycles. The highest BCUT2D eigenvalue weighted by molar-refractivity contribution is 8.15. The third-order valence-electron chi connectivity index (χ3n) is 4.24. The number of nitrogens with zero attached hydrogens (tertiary/aromatic N) is 2. The van der Waals surface area contributed by atoms with Crippen molar-refractivity contribution in [3.63, 3.8) is 0 Å². The highest BCUT2D eigenvalue weighted by atomic mass is 32.2. The number of carbonyl (C=O) groups is 3. The number of aromatic carboxylic acids is 1. The average Bonchev–Trinajstić information content (AvgIpc) is 2.71. The van der Waals surface area contributed by atoms with Crippen LogP contribution >= 0.6 is 11.8 Å². The van der Waals surface area contributed by atoms with Crippen LogP contribution in [-0.4, -0.2) is 52.4 Å². The topological polar surface area (TPSA) is 108 Å². The van der Waals surface area contributed by atoms with Gasteiger partial charge in [0.15, 0.2) is 5.17 Å². The molecule has 1 saturated heterocycles. The second kappa shape index (κ2) is 8.78. The number of amidine groups is 1. The molecule has 1 fully saturated rings. The third-order valence-corrected chi connectivity index (χ3v) is 5.48. The van der Waals surface area contributed by atoms with Crippen molar-refractivity contribution in [1.29, 1.82) is 0 Å². The highest BCUT2D eigenvalue weighted by Crippen LogP contribution is 2.30. The van der Waals surface area contributed by atoms with E-state index < -0.39 is 11.2 Å². The maximum atomic E-state index is 12.6. The lowest BCUT2D eigenvalue weighted by Crippen LogP contribution is -2.43. The number of rotatable bonds is 5. The zero-order valence-electron chi connectivity index (χ0n) is 15.8. The van der Waals surface area contributed by atoms with Gasteiger partial charge in [-0.3, -0.25) is 14.5 Å². The van der Waals surface area contributed by atoms with Crippen molar-refractivity contribution in [2.24, 2.45) is 4.99 Å². The number of amides is 2. The zero-order chi connectivity index (χ0) is 21.0. The van der Waals surface area contributed by atoms with Gasteiger partial charge in [0, 0.05) is 25.2 Å². The first-order valence-electron chi connectivity index (χ1n) is 8.67. The van der Waals surface area contributed by atoms with Crippen LogP contribution < -0.4 is 10.1 Å². The van der Waals surface area contributed by atoms with E-state index in [1.165, 1.54) is 40.9 Å². The number of hydrogen-bond donors (Lipinski definition) is 2. The van der Waals surface area contributed by atoms with Gasteiger partial charge in [0.05, 0.1) is 18.4 Å². The smallest absolute Gasteiger partial charge is 0.335 e. The molecule has 1 heterocycles. The molecule has 0 aliphatic carbocycles. The quantitative estimate of drug-likeness (QED) is 0.780. The predicted molar refractivity (Wildman–Crippen MR) is 111 cm³/mol. The molecule has 2 amide bonds. The highest BCUT2D eigenvalue weighted by Gasteiger charge is 2.34. The largest absolute Gasteiger partial charge is 0.497 e. The summed E-state index contributed by atoms with van der Waals surface area (Å²) in [5.41, 5.74) is 1.19. The molecule has 2 aromatic carbocycles. The summed E-state index contributed by atoms with van der Waals surface area (Å²) in [5, 5.41) is 11.4. The Labute approximate surface area is 171 Å². The van der Waals surface area contributed by atoms with Gasteiger partial charge < -0.3 is 15.2 Å². The van der Waals surface area contributed by atoms with E-state index in [-0.39, 0.29) is 23.8 Å². The van der Waals surface area contributed by atoms with Crippen molar-refractivity contribution in [1.82, 2.24) is 4.90 Å². The van der Waals surface area contributed by atoms with E-state index in [9.17, 15) is 14.4 Å². The van der Waals surface area contributed by atoms with E-state index in [0.717, 1.165) is 0 Å². The van der Waals surface area contributed by atoms with Crippen LogP contribution in [0, 0.1) is 0 Å². The van der Waals surface area contributed by atoms with Gasteiger partial charge in [0.2, 0.25) is 11.8 Å². The Kier molecular flexibility index (Phi) is 6.18. The molecule has 0 spiro atoms. The van der Waals surface area contributed by atoms with Crippen LogP contribution in [0.2, 0.25) is 0 Å². The van der Waals surface area contributed by atoms with E-state index in [2.05, 4.69) is 10.3 Å². The number of aliphatic imine (C=N–C) groups is 1. The van der Waals surface area contributed by atoms with Gasteiger partial charge in [0.1, 0.15) is 11.0 Å². The monoisotopic (exact) mass is 413 g/mol. The summed E-state index contributed by atoms with van der Waals surface area (Å²) in [4.78, 5) is 41.8. The molecule has 3 rings (SSSR count). The van der Waals surface area contributed by atoms with Crippen LogP contribution in [0.25, 0.3) is 0 Å². The molecule has 0 radical (unpaired) electrons. The number of benzene rings is 2. The van der Waals surface area contributed by atoms with Crippen molar-refractivity contribution < 1.29 is 24.2 Å². The average molecular weight is 413 g/mol. The van der Waals surface area contributed by atoms with Crippen molar-refractivity contribution in [3.8, 4) is 5.75 Å². The maximum absolute atomic E-state index is 12.6. The fraction of sp³-hybridized carbons (Fsp3) is 0.200. The number of thioether (sulfide) groups is 1. The molecule has 1 aliphatic heterocycles. The number of carboxylic acid groups (broad SMARTS) is 1. The summed E-state index contributed by atoms with van der Waals surface area (Å²) in [6.07, 6.45) is 0.0390. The zero-order valence-corrected chi connectivity index (χ0v) is 16.6. The number of anilines is 1. The Morgan fingerprint density at radius 3 is 2.62 bits per heavy atom. The second-order valence-electron chi connectivity index (χ2n) is 6.23. The van der Waals surface area contributed by atoms with Gasteiger partial charge in [-0.05, 0) is 36.4 Å². The lowest BCUT2D eigenvalue weighted by atomic mass is 10.2. The first-order chi connectivity index (χ1) is 13.9. The molecule has 2 aromatic rings. The summed E-state index contributed by atoms with van der Waals surface area (Å²) in [5.74, 6) is -0.969. The van der Waals surface area contributed by atoms with Crippen molar-refractivity contribution in [2.75, 3.05) is 19.5 Å². The molecule has 0 bridgehead atoms. The molecule has 1 atom stereocenters. The van der Waals surface area contributed by atoms with Crippen LogP contribution in [0.5, 0.6) is 5.75 Å². The van der Waals surface area contributed by atoms with Gasteiger partial charge in [-0.1, -0.05) is 17.8 Å². The second-order valence-corrected chi connectivity index (χ2v) is 7.40. The summed E-state index contributed by atoms with van der Waals surface area (Å²) < 4.78 is 5.18. The Morgan fingerprint density at radius 1 is 1.24 bits per heavy atom. The predicted octanol–water partition coefficient (Wildman–Crippen LogP) is 2.98. The van der Waals surface area contributed by atoms with E-state index in [0.29, 0.717) is 22.3 Å². The van der Waals surface area contributed by atoms with Gasteiger partial charge in [-0.25, -0.2) is 9.79 Å². The van der Waals surface area contributed by atoms with Crippen LogP contribution in [0.1, 0.15) is 16.8 Å². The number of methoxy groups -OCH3 is 1. The lowest BCUT2D eigenvalue weighted by Gasteiger charge is -2.28. The molecular formula is C20H19N3O5S. The fourth-order valence-corrected chi connectivity index (χ4v) is 3.67. The number of ether oxygens (including phenoxy) is 1. The summed E-state index contributed by atoms with van der Waals surface area (Å²) in [6, 6.07) is 12.9. The summed E-state index contributed by atoms with van der Waals surface area (Å²) >= 11 is 1.20. The number of hydrogen-bond acceptors (Lipinski definition) is 6. The molecule has 2 N–H and O–H groups in total. The van der Waals surface area contributed by atoms with Gasteiger partial charge in [-0.2, -0.15) is 0 Å². The minimum atomic E-state index is -1.04. The molecule has 8 nitrogen and oxygen atoms in total. The minimum Gasteiger partial charge on any atom is -0.497 e. The SMILES string of the molecule is COc1cccc(N=C2S[C@H](C(=O)Nc3ccc(C(=O)O)cc3)CC(=O)N2C)c1. The Balaban J connectivity index is 1.75. The third kappa shape index (κ3) is 4.94. The molecule has 0 saturated carbocycles. The molecular weight excluding hydrogens is 394 g/mol. The Hall–Kier alpha value is -3.33. The van der Waals surface area contributed by atoms with Gasteiger partial charge in [0.25, 0.3) is 0 Å². The molecule has 9 heteroatoms. The van der Waals surface area contributed by atoms with Crippen LogP contribution in [0.4, 0.5) is 11.4 Å². The van der Waals surface area contributed by atoms with E-state index in [1.807, 2.05) is 0 Å². The van der Waals surface area contributed by atoms with Gasteiger partial charge >= 0.3 is 5.97 Å². The van der Waals surface area contributed by atoms with Gasteiger partial charge in [-0.15, -0.1) is 0 Å². The van der Waals surface area contributed by atoms with Crippen molar-refractivity contribution in [3.05, 3.63) is 54.1 Å². The van der Waals surface area contributed by atoms with E-state index in [1.54, 1.807) is 38.4 Å². The normalized spacial score (nSPS) is 17.9. The summed E-state index contributed by atoms with van der Waals surface area (Å²) in [6.45, 7) is 0. The number of carbonyl (C=O) groups excluding carboxylic acids is 2. The van der Waals surface area contributed by atoms with Crippen molar-refractivity contribution >= 4 is 46.1 Å². The molecule has 150 valence electrons.